The monoisotopic (exact) mass is 233 g/mol. The summed E-state index contributed by atoms with van der Waals surface area (Å²) in [5.41, 5.74) is 1.20. The van der Waals surface area contributed by atoms with Gasteiger partial charge in [0.2, 0.25) is 0 Å². The van der Waals surface area contributed by atoms with Gasteiger partial charge in [-0.25, -0.2) is 4.79 Å². The van der Waals surface area contributed by atoms with E-state index in [9.17, 15) is 9.59 Å². The molecule has 90 valence electrons. The van der Waals surface area contributed by atoms with Crippen LogP contribution < -0.4 is 5.32 Å². The Bertz CT molecular complexity index is 450. The first-order chi connectivity index (χ1) is 7.99. The molecule has 0 fully saturated rings. The Hall–Kier alpha value is -2.10. The topological polar surface area (TPSA) is 66.4 Å². The molecule has 0 spiro atoms. The molecule has 0 heterocycles. The molecular formula is C13H15NO3. The maximum Gasteiger partial charge on any atom is 0.328 e. The molecule has 0 atom stereocenters. The van der Waals surface area contributed by atoms with E-state index in [-0.39, 0.29) is 11.9 Å². The van der Waals surface area contributed by atoms with Crippen molar-refractivity contribution >= 4 is 18.0 Å². The standard InChI is InChI=1S/C13H15NO3/c1-9(2)14-13(17)11-5-3-4-10(8-11)6-7-12(15)16/h3-9H,1-2H3,(H,14,17)(H,15,16)/b7-6+. The van der Waals surface area contributed by atoms with Crippen molar-refractivity contribution in [3.05, 3.63) is 41.5 Å². The van der Waals surface area contributed by atoms with Gasteiger partial charge in [-0.2, -0.15) is 0 Å². The molecule has 0 aliphatic heterocycles. The largest absolute Gasteiger partial charge is 0.478 e. The molecule has 4 nitrogen and oxygen atoms in total. The van der Waals surface area contributed by atoms with Crippen molar-refractivity contribution < 1.29 is 14.7 Å². The quantitative estimate of drug-likeness (QED) is 0.781. The number of carbonyl (C=O) groups excluding carboxylic acids is 1. The molecule has 17 heavy (non-hydrogen) atoms. The second kappa shape index (κ2) is 5.84. The fourth-order valence-corrected chi connectivity index (χ4v) is 1.30. The zero-order valence-corrected chi connectivity index (χ0v) is 9.81. The van der Waals surface area contributed by atoms with Gasteiger partial charge in [0, 0.05) is 17.7 Å². The number of hydrogen-bond donors (Lipinski definition) is 2. The van der Waals surface area contributed by atoms with Gasteiger partial charge in [-0.15, -0.1) is 0 Å². The summed E-state index contributed by atoms with van der Waals surface area (Å²) in [5, 5.41) is 11.3. The molecule has 0 aromatic heterocycles. The second-order valence-corrected chi connectivity index (χ2v) is 3.93. The summed E-state index contributed by atoms with van der Waals surface area (Å²) in [7, 11) is 0. The minimum absolute atomic E-state index is 0.0701. The van der Waals surface area contributed by atoms with E-state index in [2.05, 4.69) is 5.32 Å². The van der Waals surface area contributed by atoms with Crippen LogP contribution in [0.5, 0.6) is 0 Å². The lowest BCUT2D eigenvalue weighted by Gasteiger charge is -2.08. The number of nitrogens with one attached hydrogen (secondary N) is 1. The predicted octanol–water partition coefficient (Wildman–Crippen LogP) is 1.92. The zero-order chi connectivity index (χ0) is 12.8. The van der Waals surface area contributed by atoms with Gasteiger partial charge in [-0.1, -0.05) is 12.1 Å². The smallest absolute Gasteiger partial charge is 0.328 e. The van der Waals surface area contributed by atoms with Crippen LogP contribution in [0.25, 0.3) is 6.08 Å². The van der Waals surface area contributed by atoms with Crippen molar-refractivity contribution in [2.45, 2.75) is 19.9 Å². The average molecular weight is 233 g/mol. The van der Waals surface area contributed by atoms with E-state index in [1.165, 1.54) is 6.08 Å². The van der Waals surface area contributed by atoms with Gasteiger partial charge in [0.15, 0.2) is 0 Å². The van der Waals surface area contributed by atoms with Crippen LogP contribution in [0.1, 0.15) is 29.8 Å². The van der Waals surface area contributed by atoms with E-state index >= 15 is 0 Å². The van der Waals surface area contributed by atoms with Gasteiger partial charge in [0.1, 0.15) is 0 Å². The Morgan fingerprint density at radius 2 is 2.06 bits per heavy atom. The summed E-state index contributed by atoms with van der Waals surface area (Å²) in [5.74, 6) is -1.17. The Kier molecular flexibility index (Phi) is 4.46. The average Bonchev–Trinajstić information content (AvgIpc) is 2.26. The molecule has 1 rings (SSSR count). The molecule has 0 radical (unpaired) electrons. The lowest BCUT2D eigenvalue weighted by molar-refractivity contribution is -0.131. The minimum Gasteiger partial charge on any atom is -0.478 e. The molecular weight excluding hydrogens is 218 g/mol. The van der Waals surface area contributed by atoms with Crippen LogP contribution in [0.2, 0.25) is 0 Å². The van der Waals surface area contributed by atoms with Crippen molar-refractivity contribution in [3.63, 3.8) is 0 Å². The van der Waals surface area contributed by atoms with E-state index in [0.29, 0.717) is 11.1 Å². The van der Waals surface area contributed by atoms with E-state index < -0.39 is 5.97 Å². The maximum absolute atomic E-state index is 11.7. The van der Waals surface area contributed by atoms with Crippen LogP contribution in [0.3, 0.4) is 0 Å². The highest BCUT2D eigenvalue weighted by Gasteiger charge is 2.06. The molecule has 1 aromatic carbocycles. The molecule has 0 saturated carbocycles. The van der Waals surface area contributed by atoms with Crippen LogP contribution in [0.4, 0.5) is 0 Å². The third-order valence-electron chi connectivity index (χ3n) is 1.99. The molecule has 4 heteroatoms. The summed E-state index contributed by atoms with van der Waals surface area (Å²) >= 11 is 0. The SMILES string of the molecule is CC(C)NC(=O)c1cccc(/C=C/C(=O)O)c1. The third-order valence-corrected chi connectivity index (χ3v) is 1.99. The minimum atomic E-state index is -1.01. The number of hydrogen-bond acceptors (Lipinski definition) is 2. The fraction of sp³-hybridized carbons (Fsp3) is 0.231. The van der Waals surface area contributed by atoms with Crippen LogP contribution in [0.15, 0.2) is 30.3 Å². The Labute approximate surface area is 100.0 Å². The molecule has 0 saturated heterocycles. The molecule has 2 N–H and O–H groups in total. The summed E-state index contributed by atoms with van der Waals surface area (Å²) in [6, 6.07) is 6.87. The number of benzene rings is 1. The summed E-state index contributed by atoms with van der Waals surface area (Å²) < 4.78 is 0. The van der Waals surface area contributed by atoms with Crippen molar-refractivity contribution in [1.29, 1.82) is 0 Å². The van der Waals surface area contributed by atoms with Crippen LogP contribution in [-0.4, -0.2) is 23.0 Å². The Balaban J connectivity index is 2.85. The predicted molar refractivity (Wildman–Crippen MR) is 65.7 cm³/mol. The number of carboxylic acids is 1. The normalized spacial score (nSPS) is 10.8. The lowest BCUT2D eigenvalue weighted by atomic mass is 10.1. The summed E-state index contributed by atoms with van der Waals surface area (Å²) in [6.07, 6.45) is 2.49. The van der Waals surface area contributed by atoms with Gasteiger partial charge in [-0.05, 0) is 37.6 Å². The molecule has 0 bridgehead atoms. The first kappa shape index (κ1) is 13.0. The number of amides is 1. The number of carbonyl (C=O) groups is 2. The molecule has 0 unspecified atom stereocenters. The summed E-state index contributed by atoms with van der Waals surface area (Å²) in [4.78, 5) is 22.1. The van der Waals surface area contributed by atoms with Crippen LogP contribution >= 0.6 is 0 Å². The highest BCUT2D eigenvalue weighted by atomic mass is 16.4. The van der Waals surface area contributed by atoms with Crippen molar-refractivity contribution in [1.82, 2.24) is 5.32 Å². The van der Waals surface area contributed by atoms with Gasteiger partial charge < -0.3 is 10.4 Å². The first-order valence-corrected chi connectivity index (χ1v) is 5.31. The van der Waals surface area contributed by atoms with Crippen molar-refractivity contribution in [3.8, 4) is 0 Å². The zero-order valence-electron chi connectivity index (χ0n) is 9.81. The van der Waals surface area contributed by atoms with Gasteiger partial charge in [0.25, 0.3) is 5.91 Å². The van der Waals surface area contributed by atoms with Crippen LogP contribution in [0, 0.1) is 0 Å². The van der Waals surface area contributed by atoms with E-state index in [0.717, 1.165) is 6.08 Å². The van der Waals surface area contributed by atoms with Gasteiger partial charge >= 0.3 is 5.97 Å². The first-order valence-electron chi connectivity index (χ1n) is 5.31. The fourth-order valence-electron chi connectivity index (χ4n) is 1.30. The highest BCUT2D eigenvalue weighted by molar-refractivity contribution is 5.95. The van der Waals surface area contributed by atoms with Crippen LogP contribution in [-0.2, 0) is 4.79 Å². The molecule has 0 aliphatic carbocycles. The van der Waals surface area contributed by atoms with E-state index in [4.69, 9.17) is 5.11 Å². The second-order valence-electron chi connectivity index (χ2n) is 3.93. The Morgan fingerprint density at radius 3 is 2.65 bits per heavy atom. The van der Waals surface area contributed by atoms with E-state index in [1.54, 1.807) is 24.3 Å². The number of rotatable bonds is 4. The number of aliphatic carboxylic acids is 1. The number of carboxylic acid groups (broad SMARTS) is 1. The molecule has 1 aromatic rings. The maximum atomic E-state index is 11.7. The molecule has 0 aliphatic rings. The highest BCUT2D eigenvalue weighted by Crippen LogP contribution is 2.07. The lowest BCUT2D eigenvalue weighted by Crippen LogP contribution is -2.30. The van der Waals surface area contributed by atoms with Crippen molar-refractivity contribution in [2.24, 2.45) is 0 Å². The van der Waals surface area contributed by atoms with Gasteiger partial charge in [0.05, 0.1) is 0 Å². The van der Waals surface area contributed by atoms with Gasteiger partial charge in [-0.3, -0.25) is 4.79 Å². The molecule has 1 amide bonds. The Morgan fingerprint density at radius 1 is 1.35 bits per heavy atom. The van der Waals surface area contributed by atoms with Crippen molar-refractivity contribution in [2.75, 3.05) is 0 Å². The summed E-state index contributed by atoms with van der Waals surface area (Å²) in [6.45, 7) is 3.76. The third kappa shape index (κ3) is 4.51. The van der Waals surface area contributed by atoms with E-state index in [1.807, 2.05) is 13.8 Å².